The Hall–Kier alpha value is -3.60. The number of carbonyl (C=O) groups excluding carboxylic acids is 1. The molecule has 1 aromatic carbocycles. The van der Waals surface area contributed by atoms with Crippen molar-refractivity contribution in [1.29, 1.82) is 0 Å². The quantitative estimate of drug-likeness (QED) is 0.395. The number of hydrogen-bond donors (Lipinski definition) is 3. The minimum atomic E-state index is -2.93. The van der Waals surface area contributed by atoms with Crippen molar-refractivity contribution in [2.45, 2.75) is 51.8 Å². The van der Waals surface area contributed by atoms with Crippen molar-refractivity contribution in [3.63, 3.8) is 0 Å². The van der Waals surface area contributed by atoms with Gasteiger partial charge in [0.2, 0.25) is 0 Å². The molecule has 0 unspecified atom stereocenters. The molecule has 1 aliphatic rings. The molecule has 0 saturated carbocycles. The minimum absolute atomic E-state index is 0.0412. The van der Waals surface area contributed by atoms with Crippen LogP contribution in [0.15, 0.2) is 30.6 Å². The van der Waals surface area contributed by atoms with E-state index in [1.165, 1.54) is 6.07 Å². The molecule has 184 valence electrons. The smallest absolute Gasteiger partial charge is 0.387 e. The number of ether oxygens (including phenoxy) is 1. The first kappa shape index (κ1) is 23.2. The maximum atomic E-state index is 12.9. The molecule has 9 nitrogen and oxygen atoms in total. The highest BCUT2D eigenvalue weighted by molar-refractivity contribution is 6.05. The Morgan fingerprint density at radius 2 is 2.03 bits per heavy atom. The number of benzene rings is 1. The summed E-state index contributed by atoms with van der Waals surface area (Å²) in [6, 6.07) is 4.98. The fourth-order valence-electron chi connectivity index (χ4n) is 4.40. The first-order chi connectivity index (χ1) is 16.7. The molecule has 1 fully saturated rings. The van der Waals surface area contributed by atoms with Gasteiger partial charge in [-0.1, -0.05) is 0 Å². The van der Waals surface area contributed by atoms with Gasteiger partial charge >= 0.3 is 6.61 Å². The Kier molecular flexibility index (Phi) is 5.87. The molecule has 11 heteroatoms. The summed E-state index contributed by atoms with van der Waals surface area (Å²) in [5.74, 6) is -0.229. The average Bonchev–Trinajstić information content (AvgIpc) is 3.39. The number of H-pyrrole nitrogens is 1. The van der Waals surface area contributed by atoms with E-state index in [4.69, 9.17) is 10.1 Å². The van der Waals surface area contributed by atoms with Gasteiger partial charge in [-0.25, -0.2) is 9.97 Å². The van der Waals surface area contributed by atoms with Crippen molar-refractivity contribution in [3.8, 4) is 17.1 Å². The second-order valence-corrected chi connectivity index (χ2v) is 9.69. The zero-order valence-electron chi connectivity index (χ0n) is 19.7. The molecule has 0 aliphatic carbocycles. The van der Waals surface area contributed by atoms with Crippen LogP contribution in [0.1, 0.15) is 50.0 Å². The molecule has 1 amide bonds. The molecule has 1 saturated heterocycles. The van der Waals surface area contributed by atoms with Gasteiger partial charge in [0.25, 0.3) is 5.91 Å². The Morgan fingerprint density at radius 3 is 2.74 bits per heavy atom. The Morgan fingerprint density at radius 1 is 1.26 bits per heavy atom. The van der Waals surface area contributed by atoms with Crippen molar-refractivity contribution in [2.24, 2.45) is 0 Å². The number of hydrogen-bond acceptors (Lipinski definition) is 6. The second kappa shape index (κ2) is 8.88. The summed E-state index contributed by atoms with van der Waals surface area (Å²) in [5, 5.41) is 11.8. The molecular formula is C24H27F2N7O2. The van der Waals surface area contributed by atoms with Crippen LogP contribution in [-0.2, 0) is 0 Å². The maximum Gasteiger partial charge on any atom is 0.387 e. The molecule has 5 rings (SSSR count). The molecule has 0 radical (unpaired) electrons. The third-order valence-corrected chi connectivity index (χ3v) is 5.91. The van der Waals surface area contributed by atoms with E-state index in [0.29, 0.717) is 33.5 Å². The standard InChI is InChI=1S/C24H27F2N7O2/c1-24(2,3)31-22(34)16-11-28-21-20(16)30-17(12-29-21)19-15-10-14(35-23(25)26)4-5-18(15)33(32-19)13-6-8-27-9-7-13/h4-5,10-13,23,27H,6-9H2,1-3H3,(H,28,29)(H,31,34). The van der Waals surface area contributed by atoms with E-state index >= 15 is 0 Å². The number of piperidine rings is 1. The SMILES string of the molecule is CC(C)(C)NC(=O)c1c[nH]c2ncc(-c3nn(C4CCNCC4)c4ccc(OC(F)F)cc34)nc12. The lowest BCUT2D eigenvalue weighted by Gasteiger charge is -2.23. The Labute approximate surface area is 200 Å². The highest BCUT2D eigenvalue weighted by Crippen LogP contribution is 2.34. The third-order valence-electron chi connectivity index (χ3n) is 5.91. The fourth-order valence-corrected chi connectivity index (χ4v) is 4.40. The number of nitrogens with zero attached hydrogens (tertiary/aromatic N) is 4. The second-order valence-electron chi connectivity index (χ2n) is 9.69. The summed E-state index contributed by atoms with van der Waals surface area (Å²) < 4.78 is 32.4. The zero-order valence-corrected chi connectivity index (χ0v) is 19.7. The number of rotatable bonds is 5. The van der Waals surface area contributed by atoms with E-state index in [1.54, 1.807) is 24.5 Å². The van der Waals surface area contributed by atoms with Gasteiger partial charge in [-0.05, 0) is 64.9 Å². The summed E-state index contributed by atoms with van der Waals surface area (Å²) in [6.07, 6.45) is 4.94. The van der Waals surface area contributed by atoms with Crippen LogP contribution in [0.2, 0.25) is 0 Å². The fraction of sp³-hybridized carbons (Fsp3) is 0.417. The van der Waals surface area contributed by atoms with Crippen molar-refractivity contribution in [1.82, 2.24) is 35.4 Å². The van der Waals surface area contributed by atoms with Gasteiger partial charge in [0.05, 0.1) is 23.3 Å². The number of aromatic nitrogens is 5. The van der Waals surface area contributed by atoms with E-state index in [0.717, 1.165) is 31.4 Å². The number of alkyl halides is 2. The van der Waals surface area contributed by atoms with Crippen LogP contribution in [0.4, 0.5) is 8.78 Å². The van der Waals surface area contributed by atoms with Gasteiger partial charge in [-0.2, -0.15) is 13.9 Å². The summed E-state index contributed by atoms with van der Waals surface area (Å²) >= 11 is 0. The summed E-state index contributed by atoms with van der Waals surface area (Å²) in [4.78, 5) is 25.0. The van der Waals surface area contributed by atoms with Gasteiger partial charge in [0.15, 0.2) is 5.65 Å². The van der Waals surface area contributed by atoms with Crippen molar-refractivity contribution in [3.05, 3.63) is 36.2 Å². The molecule has 3 N–H and O–H groups in total. The topological polar surface area (TPSA) is 110 Å². The van der Waals surface area contributed by atoms with Crippen LogP contribution in [0, 0.1) is 0 Å². The molecule has 4 aromatic rings. The average molecular weight is 484 g/mol. The predicted octanol–water partition coefficient (Wildman–Crippen LogP) is 4.03. The highest BCUT2D eigenvalue weighted by atomic mass is 19.3. The molecule has 1 aliphatic heterocycles. The summed E-state index contributed by atoms with van der Waals surface area (Å²) in [6.45, 7) is 4.50. The van der Waals surface area contributed by atoms with E-state index in [2.05, 4.69) is 25.3 Å². The minimum Gasteiger partial charge on any atom is -0.435 e. The monoisotopic (exact) mass is 483 g/mol. The zero-order chi connectivity index (χ0) is 24.7. The largest absolute Gasteiger partial charge is 0.435 e. The Bertz CT molecular complexity index is 1380. The first-order valence-electron chi connectivity index (χ1n) is 11.5. The molecule has 0 atom stereocenters. The molecule has 3 aromatic heterocycles. The van der Waals surface area contributed by atoms with E-state index in [1.807, 2.05) is 25.5 Å². The van der Waals surface area contributed by atoms with E-state index in [9.17, 15) is 13.6 Å². The number of aromatic amines is 1. The van der Waals surface area contributed by atoms with Crippen LogP contribution in [0.25, 0.3) is 33.5 Å². The molecule has 4 heterocycles. The number of halogens is 2. The molecule has 0 bridgehead atoms. The molecular weight excluding hydrogens is 456 g/mol. The van der Waals surface area contributed by atoms with Gasteiger partial charge in [-0.3, -0.25) is 9.48 Å². The maximum absolute atomic E-state index is 12.9. The number of fused-ring (bicyclic) bond motifs is 2. The lowest BCUT2D eigenvalue weighted by molar-refractivity contribution is -0.0497. The summed E-state index contributed by atoms with van der Waals surface area (Å²) in [7, 11) is 0. The van der Waals surface area contributed by atoms with Gasteiger partial charge in [0.1, 0.15) is 22.7 Å². The van der Waals surface area contributed by atoms with Crippen LogP contribution in [-0.4, -0.2) is 55.9 Å². The van der Waals surface area contributed by atoms with Gasteiger partial charge < -0.3 is 20.4 Å². The van der Waals surface area contributed by atoms with Crippen molar-refractivity contribution >= 4 is 28.0 Å². The normalized spacial score (nSPS) is 15.3. The Balaban J connectivity index is 1.64. The van der Waals surface area contributed by atoms with Crippen LogP contribution in [0.5, 0.6) is 5.75 Å². The predicted molar refractivity (Wildman–Crippen MR) is 128 cm³/mol. The number of amides is 1. The highest BCUT2D eigenvalue weighted by Gasteiger charge is 2.24. The lowest BCUT2D eigenvalue weighted by Crippen LogP contribution is -2.40. The van der Waals surface area contributed by atoms with Crippen molar-refractivity contribution < 1.29 is 18.3 Å². The molecule has 0 spiro atoms. The van der Waals surface area contributed by atoms with Gasteiger partial charge in [-0.15, -0.1) is 0 Å². The molecule has 35 heavy (non-hydrogen) atoms. The van der Waals surface area contributed by atoms with Crippen LogP contribution >= 0.6 is 0 Å². The van der Waals surface area contributed by atoms with Crippen molar-refractivity contribution in [2.75, 3.05) is 13.1 Å². The summed E-state index contributed by atoms with van der Waals surface area (Å²) in [5.41, 5.74) is 2.56. The third kappa shape index (κ3) is 4.68. The van der Waals surface area contributed by atoms with Crippen LogP contribution < -0.4 is 15.4 Å². The number of nitrogens with one attached hydrogen (secondary N) is 3. The van der Waals surface area contributed by atoms with E-state index < -0.39 is 12.2 Å². The lowest BCUT2D eigenvalue weighted by atomic mass is 10.1. The van der Waals surface area contributed by atoms with Gasteiger partial charge in [0, 0.05) is 17.1 Å². The first-order valence-corrected chi connectivity index (χ1v) is 11.5. The van der Waals surface area contributed by atoms with E-state index in [-0.39, 0.29) is 17.7 Å². The number of carbonyl (C=O) groups is 1. The van der Waals surface area contributed by atoms with Crippen LogP contribution in [0.3, 0.4) is 0 Å².